The van der Waals surface area contributed by atoms with Crippen molar-refractivity contribution in [2.75, 3.05) is 19.8 Å². The normalized spacial score (nSPS) is 21.2. The number of carbonyl (C=O) groups is 2. The number of hydrogen-bond donors (Lipinski definition) is 1. The highest BCUT2D eigenvalue weighted by molar-refractivity contribution is 6.06. The zero-order valence-corrected chi connectivity index (χ0v) is 15.7. The van der Waals surface area contributed by atoms with Gasteiger partial charge in [0.05, 0.1) is 5.92 Å². The third-order valence-corrected chi connectivity index (χ3v) is 5.32. The van der Waals surface area contributed by atoms with E-state index in [-0.39, 0.29) is 24.3 Å². The van der Waals surface area contributed by atoms with Crippen LogP contribution in [0.15, 0.2) is 34.8 Å². The predicted octanol–water partition coefficient (Wildman–Crippen LogP) is 3.18. The second-order valence-electron chi connectivity index (χ2n) is 7.15. The SMILES string of the molecule is CC1=CC(C)=NC(=O)C1CNC(=O)c1cccc(C2CCOCC2)c1C. The summed E-state index contributed by atoms with van der Waals surface area (Å²) >= 11 is 0. The molecule has 1 N–H and O–H groups in total. The average Bonchev–Trinajstić information content (AvgIpc) is 2.61. The number of carbonyl (C=O) groups excluding carboxylic acids is 2. The van der Waals surface area contributed by atoms with Crippen molar-refractivity contribution in [3.05, 3.63) is 46.5 Å². The smallest absolute Gasteiger partial charge is 0.254 e. The van der Waals surface area contributed by atoms with E-state index in [0.717, 1.165) is 42.9 Å². The van der Waals surface area contributed by atoms with Gasteiger partial charge in [-0.05, 0) is 62.8 Å². The molecule has 1 atom stereocenters. The van der Waals surface area contributed by atoms with Crippen molar-refractivity contribution in [1.29, 1.82) is 0 Å². The van der Waals surface area contributed by atoms with E-state index in [1.54, 1.807) is 6.92 Å². The Hall–Kier alpha value is -2.27. The van der Waals surface area contributed by atoms with E-state index in [2.05, 4.69) is 16.4 Å². The van der Waals surface area contributed by atoms with Crippen LogP contribution in [-0.4, -0.2) is 37.3 Å². The van der Waals surface area contributed by atoms with Crippen molar-refractivity contribution in [1.82, 2.24) is 5.32 Å². The summed E-state index contributed by atoms with van der Waals surface area (Å²) in [6, 6.07) is 5.90. The first-order valence-electron chi connectivity index (χ1n) is 9.20. The Balaban J connectivity index is 1.70. The van der Waals surface area contributed by atoms with Crippen LogP contribution in [0.2, 0.25) is 0 Å². The minimum atomic E-state index is -0.373. The zero-order valence-electron chi connectivity index (χ0n) is 15.7. The highest BCUT2D eigenvalue weighted by Crippen LogP contribution is 2.30. The lowest BCUT2D eigenvalue weighted by Crippen LogP contribution is -2.35. The van der Waals surface area contributed by atoms with Crippen molar-refractivity contribution >= 4 is 17.5 Å². The molecule has 1 fully saturated rings. The fourth-order valence-corrected chi connectivity index (χ4v) is 3.80. The van der Waals surface area contributed by atoms with E-state index < -0.39 is 0 Å². The molecule has 3 rings (SSSR count). The molecule has 5 heteroatoms. The molecule has 1 unspecified atom stereocenters. The van der Waals surface area contributed by atoms with Gasteiger partial charge in [0.1, 0.15) is 0 Å². The molecule has 2 aliphatic heterocycles. The summed E-state index contributed by atoms with van der Waals surface area (Å²) in [5, 5.41) is 2.92. The van der Waals surface area contributed by atoms with Gasteiger partial charge in [0.25, 0.3) is 11.8 Å². The molecule has 0 saturated carbocycles. The number of ether oxygens (including phenoxy) is 1. The van der Waals surface area contributed by atoms with Crippen LogP contribution in [0.5, 0.6) is 0 Å². The first-order valence-corrected chi connectivity index (χ1v) is 9.20. The van der Waals surface area contributed by atoms with Crippen LogP contribution in [-0.2, 0) is 9.53 Å². The van der Waals surface area contributed by atoms with Gasteiger partial charge >= 0.3 is 0 Å². The molecular formula is C21H26N2O3. The number of benzene rings is 1. The highest BCUT2D eigenvalue weighted by Gasteiger charge is 2.25. The Morgan fingerprint density at radius 3 is 2.65 bits per heavy atom. The molecular weight excluding hydrogens is 328 g/mol. The van der Waals surface area contributed by atoms with Crippen molar-refractivity contribution in [3.63, 3.8) is 0 Å². The van der Waals surface area contributed by atoms with E-state index in [9.17, 15) is 9.59 Å². The predicted molar refractivity (Wildman–Crippen MR) is 102 cm³/mol. The van der Waals surface area contributed by atoms with Crippen molar-refractivity contribution < 1.29 is 14.3 Å². The minimum absolute atomic E-state index is 0.136. The molecule has 26 heavy (non-hydrogen) atoms. The van der Waals surface area contributed by atoms with Gasteiger partial charge < -0.3 is 10.1 Å². The Morgan fingerprint density at radius 2 is 1.96 bits per heavy atom. The van der Waals surface area contributed by atoms with E-state index in [4.69, 9.17) is 4.74 Å². The second-order valence-corrected chi connectivity index (χ2v) is 7.15. The summed E-state index contributed by atoms with van der Waals surface area (Å²) in [5.41, 5.74) is 4.59. The second kappa shape index (κ2) is 7.96. The number of allylic oxidation sites excluding steroid dienone is 1. The molecule has 2 amide bonds. The fraction of sp³-hybridized carbons (Fsp3) is 0.476. The largest absolute Gasteiger partial charge is 0.381 e. The third-order valence-electron chi connectivity index (χ3n) is 5.32. The number of rotatable bonds is 4. The summed E-state index contributed by atoms with van der Waals surface area (Å²) in [6.07, 6.45) is 3.88. The summed E-state index contributed by atoms with van der Waals surface area (Å²) in [6.45, 7) is 7.54. The van der Waals surface area contributed by atoms with E-state index in [1.807, 2.05) is 32.1 Å². The molecule has 0 spiro atoms. The lowest BCUT2D eigenvalue weighted by Gasteiger charge is -2.25. The Labute approximate surface area is 154 Å². The number of hydrogen-bond acceptors (Lipinski definition) is 3. The quantitative estimate of drug-likeness (QED) is 0.903. The standard InChI is InChI=1S/C21H26N2O3/c1-13-11-14(2)23-21(25)19(13)12-22-20(24)18-6-4-5-17(15(18)3)16-7-9-26-10-8-16/h4-6,11,16,19H,7-10,12H2,1-3H3,(H,22,24). The maximum atomic E-state index is 12.7. The highest BCUT2D eigenvalue weighted by atomic mass is 16.5. The van der Waals surface area contributed by atoms with Gasteiger partial charge in [-0.15, -0.1) is 0 Å². The monoisotopic (exact) mass is 354 g/mol. The van der Waals surface area contributed by atoms with Crippen LogP contribution in [0, 0.1) is 12.8 Å². The van der Waals surface area contributed by atoms with E-state index in [1.165, 1.54) is 5.56 Å². The number of dihydropyridines is 1. The first kappa shape index (κ1) is 18.5. The van der Waals surface area contributed by atoms with Gasteiger partial charge in [-0.25, -0.2) is 4.99 Å². The van der Waals surface area contributed by atoms with Crippen LogP contribution >= 0.6 is 0 Å². The fourth-order valence-electron chi connectivity index (χ4n) is 3.80. The lowest BCUT2D eigenvalue weighted by atomic mass is 9.86. The summed E-state index contributed by atoms with van der Waals surface area (Å²) in [4.78, 5) is 28.8. The lowest BCUT2D eigenvalue weighted by molar-refractivity contribution is -0.120. The molecule has 0 aliphatic carbocycles. The van der Waals surface area contributed by atoms with Gasteiger partial charge in [0.15, 0.2) is 0 Å². The van der Waals surface area contributed by atoms with Crippen molar-refractivity contribution in [3.8, 4) is 0 Å². The van der Waals surface area contributed by atoms with Gasteiger partial charge in [-0.2, -0.15) is 0 Å². The van der Waals surface area contributed by atoms with Crippen molar-refractivity contribution in [2.24, 2.45) is 10.9 Å². The first-order chi connectivity index (χ1) is 12.5. The topological polar surface area (TPSA) is 67.8 Å². The number of amides is 2. The van der Waals surface area contributed by atoms with Crippen LogP contribution in [0.3, 0.4) is 0 Å². The molecule has 0 aromatic heterocycles. The van der Waals surface area contributed by atoms with Crippen LogP contribution < -0.4 is 5.32 Å². The molecule has 1 aromatic carbocycles. The Morgan fingerprint density at radius 1 is 1.23 bits per heavy atom. The molecule has 2 heterocycles. The average molecular weight is 354 g/mol. The van der Waals surface area contributed by atoms with Gasteiger partial charge in [0.2, 0.25) is 0 Å². The number of aliphatic imine (C=N–C) groups is 1. The molecule has 0 radical (unpaired) electrons. The number of nitrogens with one attached hydrogen (secondary N) is 1. The summed E-state index contributed by atoms with van der Waals surface area (Å²) < 4.78 is 5.45. The Kier molecular flexibility index (Phi) is 5.67. The molecule has 1 saturated heterocycles. The van der Waals surface area contributed by atoms with E-state index in [0.29, 0.717) is 11.5 Å². The molecule has 0 bridgehead atoms. The maximum Gasteiger partial charge on any atom is 0.254 e. The summed E-state index contributed by atoms with van der Waals surface area (Å²) in [5.74, 6) is -0.251. The minimum Gasteiger partial charge on any atom is -0.381 e. The van der Waals surface area contributed by atoms with E-state index >= 15 is 0 Å². The van der Waals surface area contributed by atoms with Gasteiger partial charge in [-0.3, -0.25) is 9.59 Å². The van der Waals surface area contributed by atoms with Crippen LogP contribution in [0.25, 0.3) is 0 Å². The molecule has 5 nitrogen and oxygen atoms in total. The van der Waals surface area contributed by atoms with Crippen molar-refractivity contribution in [2.45, 2.75) is 39.5 Å². The Bertz CT molecular complexity index is 773. The van der Waals surface area contributed by atoms with Gasteiger partial charge in [0, 0.05) is 31.0 Å². The van der Waals surface area contributed by atoms with Crippen LogP contribution in [0.4, 0.5) is 0 Å². The molecule has 138 valence electrons. The van der Waals surface area contributed by atoms with Gasteiger partial charge in [-0.1, -0.05) is 17.7 Å². The zero-order chi connectivity index (χ0) is 18.7. The maximum absolute atomic E-state index is 12.7. The van der Waals surface area contributed by atoms with Crippen LogP contribution in [0.1, 0.15) is 54.1 Å². The molecule has 1 aromatic rings. The summed E-state index contributed by atoms with van der Waals surface area (Å²) in [7, 11) is 0. The molecule has 2 aliphatic rings. The number of nitrogens with zero attached hydrogens (tertiary/aromatic N) is 1. The third kappa shape index (κ3) is 3.93.